The van der Waals surface area contributed by atoms with Gasteiger partial charge in [0.1, 0.15) is 5.75 Å². The summed E-state index contributed by atoms with van der Waals surface area (Å²) in [5.41, 5.74) is 2.41. The molecule has 2 nitrogen and oxygen atoms in total. The highest BCUT2D eigenvalue weighted by molar-refractivity contribution is 5.63. The maximum atomic E-state index is 5.37. The number of rotatable bonds is 3. The number of ether oxygens (including phenoxy) is 1. The summed E-state index contributed by atoms with van der Waals surface area (Å²) in [6.07, 6.45) is 3.90. The van der Waals surface area contributed by atoms with E-state index in [1.165, 1.54) is 11.1 Å². The van der Waals surface area contributed by atoms with Crippen LogP contribution in [0, 0.1) is 0 Å². The average molecular weight is 187 g/mol. The van der Waals surface area contributed by atoms with E-state index in [0.29, 0.717) is 6.61 Å². The van der Waals surface area contributed by atoms with Gasteiger partial charge in [0.05, 0.1) is 6.61 Å². The molecular formula is C12H13NO. The number of H-pyrrole nitrogens is 1. The summed E-state index contributed by atoms with van der Waals surface area (Å²) < 4.78 is 5.37. The molecule has 1 aromatic carbocycles. The molecule has 1 N–H and O–H groups in total. The third kappa shape index (κ3) is 1.79. The highest BCUT2D eigenvalue weighted by Crippen LogP contribution is 2.21. The fourth-order valence-electron chi connectivity index (χ4n) is 1.41. The largest absolute Gasteiger partial charge is 0.494 e. The molecule has 0 aliphatic carbocycles. The van der Waals surface area contributed by atoms with Crippen molar-refractivity contribution in [2.75, 3.05) is 6.61 Å². The zero-order valence-electron chi connectivity index (χ0n) is 8.16. The van der Waals surface area contributed by atoms with Crippen LogP contribution in [0.2, 0.25) is 0 Å². The van der Waals surface area contributed by atoms with E-state index >= 15 is 0 Å². The lowest BCUT2D eigenvalue weighted by Crippen LogP contribution is -1.90. The van der Waals surface area contributed by atoms with E-state index in [1.807, 2.05) is 31.5 Å². The van der Waals surface area contributed by atoms with E-state index in [4.69, 9.17) is 4.74 Å². The van der Waals surface area contributed by atoms with E-state index in [-0.39, 0.29) is 0 Å². The van der Waals surface area contributed by atoms with Gasteiger partial charge in [-0.25, -0.2) is 0 Å². The molecule has 2 rings (SSSR count). The second kappa shape index (κ2) is 4.01. The lowest BCUT2D eigenvalue weighted by molar-refractivity contribution is 0.340. The smallest absolute Gasteiger partial charge is 0.119 e. The molecule has 0 saturated heterocycles. The summed E-state index contributed by atoms with van der Waals surface area (Å²) in [6, 6.07) is 10.2. The third-order valence-electron chi connectivity index (χ3n) is 2.10. The van der Waals surface area contributed by atoms with Gasteiger partial charge in [-0.1, -0.05) is 12.1 Å². The zero-order chi connectivity index (χ0) is 9.80. The highest BCUT2D eigenvalue weighted by Gasteiger charge is 1.97. The molecule has 2 heteroatoms. The van der Waals surface area contributed by atoms with Crippen molar-refractivity contribution in [2.45, 2.75) is 6.92 Å². The minimum atomic E-state index is 0.712. The van der Waals surface area contributed by atoms with Gasteiger partial charge in [0, 0.05) is 12.4 Å². The van der Waals surface area contributed by atoms with Crippen molar-refractivity contribution in [3.63, 3.8) is 0 Å². The van der Waals surface area contributed by atoms with Gasteiger partial charge in [-0.2, -0.15) is 0 Å². The predicted octanol–water partition coefficient (Wildman–Crippen LogP) is 3.08. The van der Waals surface area contributed by atoms with E-state index in [2.05, 4.69) is 23.2 Å². The van der Waals surface area contributed by atoms with Gasteiger partial charge in [0.2, 0.25) is 0 Å². The Morgan fingerprint density at radius 2 is 1.86 bits per heavy atom. The van der Waals surface area contributed by atoms with Gasteiger partial charge in [-0.3, -0.25) is 0 Å². The first-order chi connectivity index (χ1) is 6.90. The highest BCUT2D eigenvalue weighted by atomic mass is 16.5. The molecular weight excluding hydrogens is 174 g/mol. The number of hydrogen-bond acceptors (Lipinski definition) is 1. The number of nitrogens with one attached hydrogen (secondary N) is 1. The summed E-state index contributed by atoms with van der Waals surface area (Å²) in [7, 11) is 0. The molecule has 0 fully saturated rings. The van der Waals surface area contributed by atoms with Gasteiger partial charge < -0.3 is 9.72 Å². The van der Waals surface area contributed by atoms with Gasteiger partial charge >= 0.3 is 0 Å². The van der Waals surface area contributed by atoms with Gasteiger partial charge in [0.15, 0.2) is 0 Å². The van der Waals surface area contributed by atoms with Crippen molar-refractivity contribution in [3.05, 3.63) is 42.7 Å². The van der Waals surface area contributed by atoms with Crippen molar-refractivity contribution < 1.29 is 4.74 Å². The standard InChI is InChI=1S/C12H13NO/c1-2-14-12-5-3-10(4-6-12)11-7-8-13-9-11/h3-9,13H,2H2,1H3. The van der Waals surface area contributed by atoms with Crippen molar-refractivity contribution in [2.24, 2.45) is 0 Å². The monoisotopic (exact) mass is 187 g/mol. The summed E-state index contributed by atoms with van der Waals surface area (Å²) in [5, 5.41) is 0. The van der Waals surface area contributed by atoms with Crippen LogP contribution in [0.4, 0.5) is 0 Å². The van der Waals surface area contributed by atoms with Gasteiger partial charge in [-0.15, -0.1) is 0 Å². The van der Waals surface area contributed by atoms with Crippen LogP contribution in [0.15, 0.2) is 42.7 Å². The van der Waals surface area contributed by atoms with Crippen LogP contribution >= 0.6 is 0 Å². The average Bonchev–Trinajstić information content (AvgIpc) is 2.72. The molecule has 0 amide bonds. The zero-order valence-corrected chi connectivity index (χ0v) is 8.16. The molecule has 0 saturated carbocycles. The van der Waals surface area contributed by atoms with Crippen molar-refractivity contribution in [1.29, 1.82) is 0 Å². The van der Waals surface area contributed by atoms with Gasteiger partial charge in [0.25, 0.3) is 0 Å². The second-order valence-corrected chi connectivity index (χ2v) is 3.06. The lowest BCUT2D eigenvalue weighted by Gasteiger charge is -2.03. The fraction of sp³-hybridized carbons (Fsp3) is 0.167. The molecule has 0 aliphatic rings. The first kappa shape index (κ1) is 8.88. The van der Waals surface area contributed by atoms with Crippen molar-refractivity contribution >= 4 is 0 Å². The molecule has 1 aromatic heterocycles. The Morgan fingerprint density at radius 1 is 1.07 bits per heavy atom. The summed E-state index contributed by atoms with van der Waals surface area (Å²) in [4.78, 5) is 3.04. The van der Waals surface area contributed by atoms with Crippen LogP contribution in [0.1, 0.15) is 6.92 Å². The minimum Gasteiger partial charge on any atom is -0.494 e. The van der Waals surface area contributed by atoms with Gasteiger partial charge in [-0.05, 0) is 36.2 Å². The molecule has 2 aromatic rings. The van der Waals surface area contributed by atoms with E-state index in [0.717, 1.165) is 5.75 Å². The topological polar surface area (TPSA) is 25.0 Å². The number of aromatic nitrogens is 1. The third-order valence-corrected chi connectivity index (χ3v) is 2.10. The molecule has 0 atom stereocenters. The predicted molar refractivity (Wildman–Crippen MR) is 57.4 cm³/mol. The quantitative estimate of drug-likeness (QED) is 0.784. The Kier molecular flexibility index (Phi) is 2.54. The lowest BCUT2D eigenvalue weighted by atomic mass is 10.1. The van der Waals surface area contributed by atoms with Crippen LogP contribution < -0.4 is 4.74 Å². The fourth-order valence-corrected chi connectivity index (χ4v) is 1.41. The number of aromatic amines is 1. The second-order valence-electron chi connectivity index (χ2n) is 3.06. The Bertz CT molecular complexity index is 375. The van der Waals surface area contributed by atoms with E-state index in [1.54, 1.807) is 0 Å². The summed E-state index contributed by atoms with van der Waals surface area (Å²) >= 11 is 0. The molecule has 0 spiro atoms. The van der Waals surface area contributed by atoms with Crippen LogP contribution in [-0.4, -0.2) is 11.6 Å². The molecule has 72 valence electrons. The molecule has 0 radical (unpaired) electrons. The molecule has 14 heavy (non-hydrogen) atoms. The Morgan fingerprint density at radius 3 is 2.43 bits per heavy atom. The Labute approximate surface area is 83.5 Å². The van der Waals surface area contributed by atoms with Crippen molar-refractivity contribution in [3.8, 4) is 16.9 Å². The van der Waals surface area contributed by atoms with Crippen LogP contribution in [0.5, 0.6) is 5.75 Å². The first-order valence-corrected chi connectivity index (χ1v) is 4.76. The molecule has 1 heterocycles. The normalized spacial score (nSPS) is 10.1. The summed E-state index contributed by atoms with van der Waals surface area (Å²) in [5.74, 6) is 0.923. The minimum absolute atomic E-state index is 0.712. The molecule has 0 bridgehead atoms. The van der Waals surface area contributed by atoms with Crippen LogP contribution in [0.25, 0.3) is 11.1 Å². The van der Waals surface area contributed by atoms with Crippen LogP contribution in [0.3, 0.4) is 0 Å². The maximum absolute atomic E-state index is 5.37. The molecule has 0 aliphatic heterocycles. The Hall–Kier alpha value is -1.70. The van der Waals surface area contributed by atoms with E-state index < -0.39 is 0 Å². The first-order valence-electron chi connectivity index (χ1n) is 4.76. The Balaban J connectivity index is 2.22. The SMILES string of the molecule is CCOc1ccc(-c2cc[nH]c2)cc1. The summed E-state index contributed by atoms with van der Waals surface area (Å²) in [6.45, 7) is 2.70. The van der Waals surface area contributed by atoms with Crippen LogP contribution in [-0.2, 0) is 0 Å². The number of hydrogen-bond donors (Lipinski definition) is 1. The number of benzene rings is 1. The van der Waals surface area contributed by atoms with E-state index in [9.17, 15) is 0 Å². The maximum Gasteiger partial charge on any atom is 0.119 e. The molecule has 0 unspecified atom stereocenters. The van der Waals surface area contributed by atoms with Crippen molar-refractivity contribution in [1.82, 2.24) is 4.98 Å².